The van der Waals surface area contributed by atoms with Gasteiger partial charge in [-0.05, 0) is 48.9 Å². The molecule has 3 rings (SSSR count). The van der Waals surface area contributed by atoms with Crippen LogP contribution in [0.4, 0.5) is 11.4 Å². The van der Waals surface area contributed by atoms with Crippen LogP contribution in [0.15, 0.2) is 40.8 Å². The van der Waals surface area contributed by atoms with E-state index in [4.69, 9.17) is 10.2 Å². The van der Waals surface area contributed by atoms with Gasteiger partial charge in [0.05, 0.1) is 0 Å². The average molecular weight is 281 g/mol. The van der Waals surface area contributed by atoms with Crippen LogP contribution in [0.1, 0.15) is 21.8 Å². The van der Waals surface area contributed by atoms with Crippen LogP contribution in [0, 0.1) is 13.8 Å². The lowest BCUT2D eigenvalue weighted by molar-refractivity contribution is 0.102. The van der Waals surface area contributed by atoms with Crippen LogP contribution in [0.5, 0.6) is 0 Å². The SMILES string of the molecule is Cc1nc2cc(NC(=O)c3ccc(N)cc3C)ccc2o1. The predicted octanol–water partition coefficient (Wildman–Crippen LogP) is 3.28. The monoisotopic (exact) mass is 281 g/mol. The van der Waals surface area contributed by atoms with Gasteiger partial charge in [-0.25, -0.2) is 4.98 Å². The summed E-state index contributed by atoms with van der Waals surface area (Å²) in [6, 6.07) is 10.6. The molecule has 2 aromatic carbocycles. The highest BCUT2D eigenvalue weighted by Crippen LogP contribution is 2.21. The Balaban J connectivity index is 1.88. The highest BCUT2D eigenvalue weighted by Gasteiger charge is 2.10. The number of carbonyl (C=O) groups is 1. The van der Waals surface area contributed by atoms with Crippen LogP contribution < -0.4 is 11.1 Å². The number of carbonyl (C=O) groups excluding carboxylic acids is 1. The highest BCUT2D eigenvalue weighted by molar-refractivity contribution is 6.06. The van der Waals surface area contributed by atoms with Gasteiger partial charge in [-0.3, -0.25) is 4.79 Å². The Morgan fingerprint density at radius 1 is 1.19 bits per heavy atom. The van der Waals surface area contributed by atoms with E-state index < -0.39 is 0 Å². The van der Waals surface area contributed by atoms with E-state index in [1.165, 1.54) is 0 Å². The first kappa shape index (κ1) is 13.2. The number of nitrogen functional groups attached to an aromatic ring is 1. The Hall–Kier alpha value is -2.82. The molecule has 3 aromatic rings. The molecule has 21 heavy (non-hydrogen) atoms. The van der Waals surface area contributed by atoms with Crippen LogP contribution >= 0.6 is 0 Å². The van der Waals surface area contributed by atoms with Gasteiger partial charge in [-0.1, -0.05) is 0 Å². The zero-order valence-corrected chi connectivity index (χ0v) is 11.8. The summed E-state index contributed by atoms with van der Waals surface area (Å²) in [4.78, 5) is 16.5. The molecule has 0 bridgehead atoms. The molecule has 0 saturated heterocycles. The first-order chi connectivity index (χ1) is 10.0. The van der Waals surface area contributed by atoms with Crippen LogP contribution in [0.25, 0.3) is 11.1 Å². The summed E-state index contributed by atoms with van der Waals surface area (Å²) in [7, 11) is 0. The number of aromatic nitrogens is 1. The summed E-state index contributed by atoms with van der Waals surface area (Å²) < 4.78 is 5.41. The van der Waals surface area contributed by atoms with Crippen molar-refractivity contribution in [2.24, 2.45) is 0 Å². The lowest BCUT2D eigenvalue weighted by Gasteiger charge is -2.08. The van der Waals surface area contributed by atoms with Gasteiger partial charge in [0.15, 0.2) is 11.5 Å². The predicted molar refractivity (Wildman–Crippen MR) is 82.3 cm³/mol. The Bertz CT molecular complexity index is 837. The van der Waals surface area contributed by atoms with Crippen molar-refractivity contribution in [1.82, 2.24) is 4.98 Å². The van der Waals surface area contributed by atoms with E-state index in [2.05, 4.69) is 10.3 Å². The average Bonchev–Trinajstić information content (AvgIpc) is 2.77. The number of benzene rings is 2. The third-order valence-corrected chi connectivity index (χ3v) is 3.25. The molecule has 0 fully saturated rings. The number of aryl methyl sites for hydroxylation is 2. The van der Waals surface area contributed by atoms with Crippen LogP contribution in [-0.4, -0.2) is 10.9 Å². The minimum absolute atomic E-state index is 0.174. The number of rotatable bonds is 2. The molecule has 0 unspecified atom stereocenters. The molecule has 1 heterocycles. The summed E-state index contributed by atoms with van der Waals surface area (Å²) in [6.07, 6.45) is 0. The van der Waals surface area contributed by atoms with Crippen molar-refractivity contribution in [3.63, 3.8) is 0 Å². The minimum atomic E-state index is -0.174. The fourth-order valence-electron chi connectivity index (χ4n) is 2.26. The largest absolute Gasteiger partial charge is 0.441 e. The fraction of sp³-hybridized carbons (Fsp3) is 0.125. The van der Waals surface area contributed by atoms with Gasteiger partial charge in [-0.2, -0.15) is 0 Å². The molecule has 0 aliphatic carbocycles. The van der Waals surface area contributed by atoms with Gasteiger partial charge in [0, 0.05) is 23.9 Å². The summed E-state index contributed by atoms with van der Waals surface area (Å²) >= 11 is 0. The molecule has 0 radical (unpaired) electrons. The standard InChI is InChI=1S/C16H15N3O2/c1-9-7-11(17)3-5-13(9)16(20)19-12-4-6-15-14(8-12)18-10(2)21-15/h3-8H,17H2,1-2H3,(H,19,20). The zero-order valence-electron chi connectivity index (χ0n) is 11.8. The van der Waals surface area contributed by atoms with Gasteiger partial charge in [0.25, 0.3) is 5.91 Å². The van der Waals surface area contributed by atoms with Crippen molar-refractivity contribution in [2.45, 2.75) is 13.8 Å². The highest BCUT2D eigenvalue weighted by atomic mass is 16.3. The van der Waals surface area contributed by atoms with Crippen molar-refractivity contribution in [1.29, 1.82) is 0 Å². The molecule has 5 heteroatoms. The minimum Gasteiger partial charge on any atom is -0.441 e. The summed E-state index contributed by atoms with van der Waals surface area (Å²) in [6.45, 7) is 3.64. The van der Waals surface area contributed by atoms with E-state index in [0.29, 0.717) is 28.4 Å². The second kappa shape index (κ2) is 4.94. The lowest BCUT2D eigenvalue weighted by Crippen LogP contribution is -2.13. The lowest BCUT2D eigenvalue weighted by atomic mass is 10.1. The Kier molecular flexibility index (Phi) is 3.10. The molecule has 3 N–H and O–H groups in total. The molecule has 0 aliphatic rings. The molecule has 0 spiro atoms. The second-order valence-corrected chi connectivity index (χ2v) is 4.94. The molecule has 106 valence electrons. The topological polar surface area (TPSA) is 81.2 Å². The maximum absolute atomic E-state index is 12.3. The molecule has 0 saturated carbocycles. The van der Waals surface area contributed by atoms with Gasteiger partial charge in [-0.15, -0.1) is 0 Å². The van der Waals surface area contributed by atoms with E-state index in [1.54, 1.807) is 43.3 Å². The fourth-order valence-corrected chi connectivity index (χ4v) is 2.26. The maximum Gasteiger partial charge on any atom is 0.255 e. The molecular weight excluding hydrogens is 266 g/mol. The number of oxazole rings is 1. The van der Waals surface area contributed by atoms with Gasteiger partial charge in [0.1, 0.15) is 5.52 Å². The summed E-state index contributed by atoms with van der Waals surface area (Å²) in [5.41, 5.74) is 9.88. The molecule has 0 aliphatic heterocycles. The number of nitrogens with zero attached hydrogens (tertiary/aromatic N) is 1. The molecule has 5 nitrogen and oxygen atoms in total. The van der Waals surface area contributed by atoms with E-state index in [1.807, 2.05) is 6.92 Å². The Morgan fingerprint density at radius 3 is 2.76 bits per heavy atom. The van der Waals surface area contributed by atoms with E-state index in [9.17, 15) is 4.79 Å². The number of nitrogens with one attached hydrogen (secondary N) is 1. The van der Waals surface area contributed by atoms with Gasteiger partial charge >= 0.3 is 0 Å². The number of nitrogens with two attached hydrogens (primary N) is 1. The molecular formula is C16H15N3O2. The van der Waals surface area contributed by atoms with Crippen LogP contribution in [0.3, 0.4) is 0 Å². The van der Waals surface area contributed by atoms with E-state index in [-0.39, 0.29) is 5.91 Å². The maximum atomic E-state index is 12.3. The first-order valence-electron chi connectivity index (χ1n) is 6.57. The summed E-state index contributed by atoms with van der Waals surface area (Å²) in [5.74, 6) is 0.426. The number of hydrogen-bond acceptors (Lipinski definition) is 4. The second-order valence-electron chi connectivity index (χ2n) is 4.94. The third kappa shape index (κ3) is 2.58. The number of hydrogen-bond donors (Lipinski definition) is 2. The quantitative estimate of drug-likeness (QED) is 0.706. The zero-order chi connectivity index (χ0) is 15.0. The number of amides is 1. The molecule has 1 aromatic heterocycles. The summed E-state index contributed by atoms with van der Waals surface area (Å²) in [5, 5.41) is 2.86. The van der Waals surface area contributed by atoms with E-state index >= 15 is 0 Å². The van der Waals surface area contributed by atoms with Crippen molar-refractivity contribution in [3.8, 4) is 0 Å². The molecule has 1 amide bonds. The van der Waals surface area contributed by atoms with Crippen molar-refractivity contribution < 1.29 is 9.21 Å². The normalized spacial score (nSPS) is 10.8. The van der Waals surface area contributed by atoms with Crippen molar-refractivity contribution in [2.75, 3.05) is 11.1 Å². The van der Waals surface area contributed by atoms with Crippen LogP contribution in [0.2, 0.25) is 0 Å². The number of anilines is 2. The van der Waals surface area contributed by atoms with Crippen molar-refractivity contribution >= 4 is 28.4 Å². The third-order valence-electron chi connectivity index (χ3n) is 3.25. The Labute approximate surface area is 121 Å². The van der Waals surface area contributed by atoms with Gasteiger partial charge in [0.2, 0.25) is 0 Å². The van der Waals surface area contributed by atoms with Crippen molar-refractivity contribution in [3.05, 3.63) is 53.4 Å². The van der Waals surface area contributed by atoms with Gasteiger partial charge < -0.3 is 15.5 Å². The van der Waals surface area contributed by atoms with Crippen LogP contribution in [-0.2, 0) is 0 Å². The van der Waals surface area contributed by atoms with E-state index in [0.717, 1.165) is 11.1 Å². The first-order valence-corrected chi connectivity index (χ1v) is 6.57. The Morgan fingerprint density at radius 2 is 2.00 bits per heavy atom. The smallest absolute Gasteiger partial charge is 0.255 e. The molecule has 0 atom stereocenters. The number of fused-ring (bicyclic) bond motifs is 1.